The van der Waals surface area contributed by atoms with E-state index in [2.05, 4.69) is 103 Å². The normalized spacial score (nSPS) is 11.2. The Bertz CT molecular complexity index is 1070. The Morgan fingerprint density at radius 1 is 0.730 bits per heavy atom. The molecule has 200 valence electrons. The maximum atomic E-state index is 11.4. The van der Waals surface area contributed by atoms with Gasteiger partial charge < -0.3 is 44.8 Å². The van der Waals surface area contributed by atoms with Crippen LogP contribution in [0.3, 0.4) is 0 Å². The fourth-order valence-corrected chi connectivity index (χ4v) is 3.93. The van der Waals surface area contributed by atoms with E-state index in [1.807, 2.05) is 18.3 Å². The molecule has 0 aliphatic carbocycles. The minimum absolute atomic E-state index is 0. The summed E-state index contributed by atoms with van der Waals surface area (Å²) in [6.07, 6.45) is 2.49. The summed E-state index contributed by atoms with van der Waals surface area (Å²) in [6.45, 7) is 4.06. The van der Waals surface area contributed by atoms with Crippen molar-refractivity contribution >= 4 is 33.9 Å². The van der Waals surface area contributed by atoms with Crippen LogP contribution in [0.5, 0.6) is 0 Å². The number of carbonyl (C=O) groups is 1. The van der Waals surface area contributed by atoms with Crippen LogP contribution in [-0.2, 0) is 76.6 Å². The van der Waals surface area contributed by atoms with Crippen LogP contribution in [0.2, 0.25) is 0 Å². The molecule has 0 atom stereocenters. The quantitative estimate of drug-likeness (QED) is 0.355. The second kappa shape index (κ2) is 18.5. The van der Waals surface area contributed by atoms with Crippen LogP contribution in [0.4, 0.5) is 17.1 Å². The van der Waals surface area contributed by atoms with Gasteiger partial charge in [-0.1, -0.05) is 12.1 Å². The third-order valence-electron chi connectivity index (χ3n) is 5.92. The third-order valence-corrected chi connectivity index (χ3v) is 5.92. The number of anilines is 3. The summed E-state index contributed by atoms with van der Waals surface area (Å²) in [5.41, 5.74) is 5.74. The second-order valence-corrected chi connectivity index (χ2v) is 9.19. The molecule has 4 rings (SSSR count). The summed E-state index contributed by atoms with van der Waals surface area (Å²) in [6, 6.07) is 14.5. The van der Waals surface area contributed by atoms with Gasteiger partial charge in [-0.25, -0.2) is 0 Å². The van der Waals surface area contributed by atoms with Crippen LogP contribution in [0.1, 0.15) is 5.56 Å². The summed E-state index contributed by atoms with van der Waals surface area (Å²) in [4.78, 5) is 23.5. The van der Waals surface area contributed by atoms with E-state index in [1.165, 1.54) is 16.6 Å². The number of benzene rings is 2. The van der Waals surface area contributed by atoms with Crippen LogP contribution in [0.15, 0.2) is 48.7 Å². The topological polar surface area (TPSA) is 57.9 Å². The first-order valence-corrected chi connectivity index (χ1v) is 11.5. The van der Waals surface area contributed by atoms with Crippen molar-refractivity contribution in [3.63, 3.8) is 0 Å². The molecule has 1 amide bonds. The zero-order valence-corrected chi connectivity index (χ0v) is 29.7. The average Bonchev–Trinajstić information content (AvgIpc) is 3.41. The van der Waals surface area contributed by atoms with Gasteiger partial charge >= 0.3 is 0 Å². The molecule has 1 aliphatic rings. The molecule has 0 spiro atoms. The number of hydrogen-bond acceptors (Lipinski definition) is 5. The number of nitrogens with one attached hydrogen (secondary N) is 2. The van der Waals surface area contributed by atoms with Gasteiger partial charge in [0.05, 0.1) is 6.42 Å². The Kier molecular flexibility index (Phi) is 19.1. The number of carbonyl (C=O) groups excluding carboxylic acids is 1. The van der Waals surface area contributed by atoms with Gasteiger partial charge in [0.1, 0.15) is 0 Å². The average molecular weight is 659 g/mol. The van der Waals surface area contributed by atoms with Crippen LogP contribution in [0.25, 0.3) is 10.9 Å². The summed E-state index contributed by atoms with van der Waals surface area (Å²) in [7, 11) is 12.5. The first-order chi connectivity index (χ1) is 15.8. The van der Waals surface area contributed by atoms with Crippen LogP contribution < -0.4 is 15.1 Å². The first-order valence-electron chi connectivity index (χ1n) is 11.5. The first kappa shape index (κ1) is 38.3. The van der Waals surface area contributed by atoms with Crippen molar-refractivity contribution in [1.29, 1.82) is 0 Å². The molecule has 9 heteroatoms. The molecule has 7 nitrogen and oxygen atoms in total. The number of hydrogen-bond donors (Lipinski definition) is 2. The van der Waals surface area contributed by atoms with Gasteiger partial charge in [0.25, 0.3) is 0 Å². The molecular weight excluding hydrogens is 614 g/mol. The van der Waals surface area contributed by atoms with Crippen molar-refractivity contribution in [2.75, 3.05) is 83.6 Å². The number of H-pyrrole nitrogens is 1. The van der Waals surface area contributed by atoms with Gasteiger partial charge in [0, 0.05) is 145 Å². The predicted octanol–water partition coefficient (Wildman–Crippen LogP) is 4.24. The fourth-order valence-electron chi connectivity index (χ4n) is 3.93. The monoisotopic (exact) mass is 658 g/mol. The number of aromatic nitrogens is 1. The Morgan fingerprint density at radius 3 is 1.86 bits per heavy atom. The van der Waals surface area contributed by atoms with Crippen LogP contribution in [-0.4, -0.2) is 89.2 Å². The molecule has 0 saturated heterocycles. The van der Waals surface area contributed by atoms with E-state index in [0.29, 0.717) is 6.42 Å². The molecule has 2 aromatic carbocycles. The Hall–Kier alpha value is -0.822. The van der Waals surface area contributed by atoms with Crippen molar-refractivity contribution in [2.24, 2.45) is 0 Å². The minimum atomic E-state index is 0. The van der Waals surface area contributed by atoms with Crippen molar-refractivity contribution in [3.05, 3.63) is 69.1 Å². The smallest absolute Gasteiger partial charge is 0.228 e. The van der Waals surface area contributed by atoms with Gasteiger partial charge in [-0.2, -0.15) is 0 Å². The standard InChI is InChI=1S/C13H19N3O.C13H19N3.2CH3.2Y/c1-15(2)7-8-16(3)12-6-4-5-11-10(12)9-13(17)14-11;1-15(2)9-10-16(3)13-6-4-5-12-11(13)7-8-14-12;;;;/h4-6H,7-9H2,1-3H3,(H,14,17);4-8,14H,9-10H2,1-3H3;2*1H3;;/q;;2*-1;;. The zero-order valence-electron chi connectivity index (χ0n) is 24.0. The summed E-state index contributed by atoms with van der Waals surface area (Å²) < 4.78 is 0. The van der Waals surface area contributed by atoms with Gasteiger partial charge in [-0.3, -0.25) is 4.79 Å². The molecule has 3 aromatic rings. The number of amides is 1. The number of likely N-dealkylation sites (N-methyl/N-ethyl adjacent to an activating group) is 4. The SMILES string of the molecule is CN(C)CCN(C)c1cccc2[nH]ccc12.CN(C)CCN(C)c1cccc2c1CC(=O)N2.[CH3-].[CH3-].[Y].[Y]. The Morgan fingerprint density at radius 2 is 1.27 bits per heavy atom. The summed E-state index contributed by atoms with van der Waals surface area (Å²) >= 11 is 0. The Balaban J connectivity index is 0. The van der Waals surface area contributed by atoms with E-state index < -0.39 is 0 Å². The van der Waals surface area contributed by atoms with E-state index >= 15 is 0 Å². The molecule has 0 unspecified atom stereocenters. The molecule has 1 aliphatic heterocycles. The number of nitrogens with zero attached hydrogens (tertiary/aromatic N) is 4. The predicted molar refractivity (Wildman–Crippen MR) is 154 cm³/mol. The van der Waals surface area contributed by atoms with Crippen molar-refractivity contribution in [2.45, 2.75) is 6.42 Å². The maximum absolute atomic E-state index is 11.4. The van der Waals surface area contributed by atoms with Gasteiger partial charge in [0.15, 0.2) is 0 Å². The maximum Gasteiger partial charge on any atom is 0.228 e. The van der Waals surface area contributed by atoms with Crippen LogP contribution in [0, 0.1) is 14.9 Å². The minimum Gasteiger partial charge on any atom is -0.373 e. The van der Waals surface area contributed by atoms with Crippen molar-refractivity contribution < 1.29 is 70.2 Å². The molecule has 0 fully saturated rings. The summed E-state index contributed by atoms with van der Waals surface area (Å²) in [5.74, 6) is 0.0912. The number of fused-ring (bicyclic) bond motifs is 2. The number of aromatic amines is 1. The third kappa shape index (κ3) is 11.1. The fraction of sp³-hybridized carbons (Fsp3) is 0.393. The summed E-state index contributed by atoms with van der Waals surface area (Å²) in [5, 5.41) is 4.18. The molecule has 2 N–H and O–H groups in total. The van der Waals surface area contributed by atoms with Gasteiger partial charge in [0.2, 0.25) is 5.91 Å². The van der Waals surface area contributed by atoms with E-state index in [0.717, 1.165) is 43.1 Å². The largest absolute Gasteiger partial charge is 0.373 e. The van der Waals surface area contributed by atoms with Gasteiger partial charge in [-0.05, 0) is 58.5 Å². The molecule has 1 aromatic heterocycles. The van der Waals surface area contributed by atoms with Gasteiger partial charge in [-0.15, -0.1) is 0 Å². The molecule has 37 heavy (non-hydrogen) atoms. The van der Waals surface area contributed by atoms with Crippen molar-refractivity contribution in [3.8, 4) is 0 Å². The number of rotatable bonds is 8. The van der Waals surface area contributed by atoms with E-state index in [9.17, 15) is 4.79 Å². The van der Waals surface area contributed by atoms with E-state index in [4.69, 9.17) is 0 Å². The Labute approximate surface area is 275 Å². The molecule has 0 saturated carbocycles. The van der Waals surface area contributed by atoms with E-state index in [-0.39, 0.29) is 86.2 Å². The molecular formula is C28H44N6OY2-2. The van der Waals surface area contributed by atoms with Crippen LogP contribution >= 0.6 is 0 Å². The van der Waals surface area contributed by atoms with Crippen molar-refractivity contribution in [1.82, 2.24) is 14.8 Å². The molecule has 2 heterocycles. The second-order valence-electron chi connectivity index (χ2n) is 9.19. The van der Waals surface area contributed by atoms with E-state index in [1.54, 1.807) is 0 Å². The zero-order chi connectivity index (χ0) is 24.0. The molecule has 2 radical (unpaired) electrons. The molecule has 0 bridgehead atoms.